The van der Waals surface area contributed by atoms with Crippen LogP contribution in [0.1, 0.15) is 34.5 Å². The predicted molar refractivity (Wildman–Crippen MR) is 124 cm³/mol. The normalized spacial score (nSPS) is 12.7. The minimum absolute atomic E-state index is 0.0528. The first-order valence-corrected chi connectivity index (χ1v) is 10.7. The molecule has 0 saturated heterocycles. The second-order valence-electron chi connectivity index (χ2n) is 8.05. The van der Waals surface area contributed by atoms with Gasteiger partial charge in [0.15, 0.2) is 5.65 Å². The van der Waals surface area contributed by atoms with Crippen molar-refractivity contribution in [3.05, 3.63) is 99.8 Å². The number of rotatable bonds is 4. The summed E-state index contributed by atoms with van der Waals surface area (Å²) in [5.41, 5.74) is 0.421. The number of amides is 1. The molecule has 0 saturated carbocycles. The summed E-state index contributed by atoms with van der Waals surface area (Å²) in [4.78, 5) is 29.6. The second kappa shape index (κ2) is 8.39. The highest BCUT2D eigenvalue weighted by molar-refractivity contribution is 5.98. The first-order chi connectivity index (χ1) is 16.7. The highest BCUT2D eigenvalue weighted by Crippen LogP contribution is 2.32. The van der Waals surface area contributed by atoms with Crippen LogP contribution >= 0.6 is 0 Å². The molecule has 5 rings (SSSR count). The third-order valence-electron chi connectivity index (χ3n) is 5.73. The molecule has 5 aromatic rings. The molecule has 0 bridgehead atoms. The van der Waals surface area contributed by atoms with E-state index in [9.17, 15) is 22.8 Å². The Morgan fingerprint density at radius 3 is 2.54 bits per heavy atom. The lowest BCUT2D eigenvalue weighted by molar-refractivity contribution is -0.137. The van der Waals surface area contributed by atoms with Gasteiger partial charge in [0, 0.05) is 11.1 Å². The average molecular weight is 477 g/mol. The molecule has 0 aliphatic heterocycles. The lowest BCUT2D eigenvalue weighted by Crippen LogP contribution is -2.26. The van der Waals surface area contributed by atoms with E-state index in [1.54, 1.807) is 0 Å². The van der Waals surface area contributed by atoms with Crippen LogP contribution in [0.25, 0.3) is 27.8 Å². The number of aromatic nitrogens is 4. The van der Waals surface area contributed by atoms with Gasteiger partial charge in [-0.3, -0.25) is 9.59 Å². The molecule has 7 nitrogen and oxygen atoms in total. The van der Waals surface area contributed by atoms with Crippen LogP contribution in [0.15, 0.2) is 77.6 Å². The van der Waals surface area contributed by atoms with Gasteiger partial charge >= 0.3 is 6.18 Å². The molecule has 0 spiro atoms. The fraction of sp³-hybridized carbons (Fsp3) is 0.120. The molecule has 2 aromatic heterocycles. The van der Waals surface area contributed by atoms with Crippen LogP contribution in [0.2, 0.25) is 0 Å². The number of nitrogens with zero attached hydrogens (tertiary/aromatic N) is 3. The summed E-state index contributed by atoms with van der Waals surface area (Å²) in [7, 11) is 0. The summed E-state index contributed by atoms with van der Waals surface area (Å²) < 4.78 is 40.9. The maximum absolute atomic E-state index is 13.2. The lowest BCUT2D eigenvalue weighted by Gasteiger charge is -2.14. The van der Waals surface area contributed by atoms with Gasteiger partial charge in [0.1, 0.15) is 5.69 Å². The van der Waals surface area contributed by atoms with Gasteiger partial charge in [0.2, 0.25) is 0 Å². The predicted octanol–water partition coefficient (Wildman–Crippen LogP) is 4.75. The van der Waals surface area contributed by atoms with Crippen LogP contribution in [0.4, 0.5) is 13.2 Å². The largest absolute Gasteiger partial charge is 0.416 e. The highest BCUT2D eigenvalue weighted by atomic mass is 19.4. The molecule has 0 aliphatic rings. The third kappa shape index (κ3) is 4.14. The van der Waals surface area contributed by atoms with Gasteiger partial charge in [-0.15, -0.1) is 0 Å². The van der Waals surface area contributed by atoms with Crippen molar-refractivity contribution in [2.45, 2.75) is 19.1 Å². The van der Waals surface area contributed by atoms with Crippen molar-refractivity contribution in [2.24, 2.45) is 0 Å². The van der Waals surface area contributed by atoms with Gasteiger partial charge in [0.05, 0.1) is 22.5 Å². The zero-order valence-electron chi connectivity index (χ0n) is 18.3. The average Bonchev–Trinajstić information content (AvgIpc) is 3.28. The molecule has 3 aromatic carbocycles. The molecule has 0 radical (unpaired) electrons. The number of halogens is 3. The van der Waals surface area contributed by atoms with Crippen molar-refractivity contribution in [1.29, 1.82) is 0 Å². The number of hydrogen-bond donors (Lipinski definition) is 2. The lowest BCUT2D eigenvalue weighted by atomic mass is 10.1. The summed E-state index contributed by atoms with van der Waals surface area (Å²) in [6.07, 6.45) is -4.53. The van der Waals surface area contributed by atoms with Crippen molar-refractivity contribution >= 4 is 22.5 Å². The Hall–Kier alpha value is -4.47. The minimum Gasteiger partial charge on any atom is -0.346 e. The molecule has 2 N–H and O–H groups in total. The van der Waals surface area contributed by atoms with E-state index in [0.29, 0.717) is 11.1 Å². The van der Waals surface area contributed by atoms with E-state index in [4.69, 9.17) is 0 Å². The Balaban J connectivity index is 1.57. The number of carbonyl (C=O) groups is 1. The number of carbonyl (C=O) groups excluding carboxylic acids is 1. The van der Waals surface area contributed by atoms with Crippen LogP contribution in [-0.2, 0) is 6.18 Å². The number of H-pyrrole nitrogens is 1. The number of alkyl halides is 3. The monoisotopic (exact) mass is 477 g/mol. The number of benzene rings is 3. The summed E-state index contributed by atoms with van der Waals surface area (Å²) in [6, 6.07) is 18.3. The van der Waals surface area contributed by atoms with Crippen molar-refractivity contribution in [3.63, 3.8) is 0 Å². The van der Waals surface area contributed by atoms with Gasteiger partial charge in [-0.1, -0.05) is 42.5 Å². The van der Waals surface area contributed by atoms with Gasteiger partial charge < -0.3 is 5.32 Å². The molecule has 35 heavy (non-hydrogen) atoms. The molecule has 10 heteroatoms. The first-order valence-electron chi connectivity index (χ1n) is 10.7. The standard InChI is InChI=1S/C25H18F3N5O2/c1-14(15-6-3-2-4-7-15)29-23(34)17-10-11-19-20(13-17)33-22(30-24(19)35)21(31-32-33)16-8-5-9-18(12-16)25(26,27)28/h2-14,32H,1H3,(H,29,34). The molecule has 1 atom stereocenters. The molecule has 0 fully saturated rings. The van der Waals surface area contributed by atoms with Gasteiger partial charge in [0.25, 0.3) is 11.5 Å². The number of hydrogen-bond acceptors (Lipinski definition) is 4. The van der Waals surface area contributed by atoms with Crippen LogP contribution in [0.3, 0.4) is 0 Å². The molecule has 2 heterocycles. The summed E-state index contributed by atoms with van der Waals surface area (Å²) >= 11 is 0. The maximum atomic E-state index is 13.2. The van der Waals surface area contributed by atoms with Crippen molar-refractivity contribution in [2.75, 3.05) is 0 Å². The number of nitrogens with one attached hydrogen (secondary N) is 2. The Morgan fingerprint density at radius 2 is 1.80 bits per heavy atom. The van der Waals surface area contributed by atoms with E-state index < -0.39 is 17.3 Å². The molecule has 0 aliphatic carbocycles. The second-order valence-corrected chi connectivity index (χ2v) is 8.05. The smallest absolute Gasteiger partial charge is 0.346 e. The fourth-order valence-electron chi connectivity index (χ4n) is 3.91. The van der Waals surface area contributed by atoms with Gasteiger partial charge in [-0.25, -0.2) is 9.73 Å². The van der Waals surface area contributed by atoms with E-state index >= 15 is 0 Å². The molecular weight excluding hydrogens is 459 g/mol. The van der Waals surface area contributed by atoms with Gasteiger partial charge in [-0.05, 0) is 42.8 Å². The SMILES string of the molecule is CC(NC(=O)c1ccc2c(=O)nc3c(-c4cccc(C(F)(F)F)c4)n[nH]n3c2c1)c1ccccc1. The van der Waals surface area contributed by atoms with E-state index in [1.807, 2.05) is 37.3 Å². The topological polar surface area (TPSA) is 92.2 Å². The van der Waals surface area contributed by atoms with Crippen molar-refractivity contribution in [3.8, 4) is 11.3 Å². The highest BCUT2D eigenvalue weighted by Gasteiger charge is 2.31. The third-order valence-corrected chi connectivity index (χ3v) is 5.73. The van der Waals surface area contributed by atoms with Crippen LogP contribution < -0.4 is 10.9 Å². The fourth-order valence-corrected chi connectivity index (χ4v) is 3.91. The van der Waals surface area contributed by atoms with Crippen molar-refractivity contribution in [1.82, 2.24) is 25.1 Å². The van der Waals surface area contributed by atoms with E-state index in [1.165, 1.54) is 34.8 Å². The van der Waals surface area contributed by atoms with E-state index in [-0.39, 0.29) is 34.2 Å². The van der Waals surface area contributed by atoms with Crippen LogP contribution in [-0.4, -0.2) is 25.7 Å². The van der Waals surface area contributed by atoms with Gasteiger partial charge in [-0.2, -0.15) is 23.3 Å². The maximum Gasteiger partial charge on any atom is 0.416 e. The molecule has 1 unspecified atom stereocenters. The van der Waals surface area contributed by atoms with Crippen molar-refractivity contribution < 1.29 is 18.0 Å². The molecule has 176 valence electrons. The number of fused-ring (bicyclic) bond motifs is 3. The zero-order chi connectivity index (χ0) is 24.7. The first kappa shape index (κ1) is 22.3. The Kier molecular flexibility index (Phi) is 5.35. The molecular formula is C25H18F3N5O2. The zero-order valence-corrected chi connectivity index (χ0v) is 18.3. The quantitative estimate of drug-likeness (QED) is 0.391. The summed E-state index contributed by atoms with van der Waals surface area (Å²) in [5.74, 6) is -0.348. The summed E-state index contributed by atoms with van der Waals surface area (Å²) in [5, 5.41) is 9.96. The Labute approximate surface area is 196 Å². The van der Waals surface area contributed by atoms with E-state index in [2.05, 4.69) is 20.6 Å². The van der Waals surface area contributed by atoms with E-state index in [0.717, 1.165) is 17.7 Å². The summed E-state index contributed by atoms with van der Waals surface area (Å²) in [6.45, 7) is 1.86. The van der Waals surface area contributed by atoms with Crippen LogP contribution in [0.5, 0.6) is 0 Å². The molecule has 1 amide bonds. The minimum atomic E-state index is -4.53. The Bertz CT molecular complexity index is 1620. The Morgan fingerprint density at radius 1 is 1.03 bits per heavy atom. The number of aromatic amines is 1. The van der Waals surface area contributed by atoms with Crippen LogP contribution in [0, 0.1) is 0 Å².